The molecule has 7 aliphatic heterocycles. The molecule has 29 heteroatoms. The third-order valence-corrected chi connectivity index (χ3v) is 25.8. The summed E-state index contributed by atoms with van der Waals surface area (Å²) in [6.07, 6.45) is 8.95. The molecule has 7 aromatic rings. The third kappa shape index (κ3) is 21.0. The lowest BCUT2D eigenvalue weighted by atomic mass is 9.98. The van der Waals surface area contributed by atoms with Gasteiger partial charge in [-0.05, 0) is 153 Å². The summed E-state index contributed by atoms with van der Waals surface area (Å²) in [5.74, 6) is -2.74. The van der Waals surface area contributed by atoms with E-state index in [1.807, 2.05) is 92.4 Å². The van der Waals surface area contributed by atoms with Crippen molar-refractivity contribution >= 4 is 163 Å². The third-order valence-electron chi connectivity index (χ3n) is 19.1. The molecule has 0 amide bonds. The number of esters is 3. The maximum absolute atomic E-state index is 12.3. The minimum atomic E-state index is -0.917. The van der Waals surface area contributed by atoms with E-state index in [2.05, 4.69) is 40.4 Å². The molecule has 0 saturated carbocycles. The van der Waals surface area contributed by atoms with Gasteiger partial charge in [0, 0.05) is 116 Å². The van der Waals surface area contributed by atoms with E-state index in [1.165, 1.54) is 72.0 Å². The molecular weight excluding hydrogens is 1570 g/mol. The minimum absolute atomic E-state index is 0.0178. The molecule has 3 saturated heterocycles. The summed E-state index contributed by atoms with van der Waals surface area (Å²) in [5, 5.41) is 26.6. The van der Waals surface area contributed by atoms with Crippen molar-refractivity contribution < 1.29 is 67.5 Å². The van der Waals surface area contributed by atoms with E-state index >= 15 is 0 Å². The normalized spacial score (nSPS) is 20.3. The van der Waals surface area contributed by atoms with Gasteiger partial charge in [-0.1, -0.05) is 173 Å². The summed E-state index contributed by atoms with van der Waals surface area (Å²) in [4.78, 5) is 107. The van der Waals surface area contributed by atoms with Crippen molar-refractivity contribution in [1.29, 1.82) is 0 Å². The first kappa shape index (κ1) is 82.7. The maximum Gasteiger partial charge on any atom is 0.327 e. The second kappa shape index (κ2) is 39.7. The molecule has 3 unspecified atom stereocenters. The molecular formula is C78H78Cl5N5O14S5. The topological polar surface area (TPSA) is 230 Å². The van der Waals surface area contributed by atoms with Crippen LogP contribution in [-0.4, -0.2) is 171 Å². The second-order valence-corrected chi connectivity index (χ2v) is 32.6. The van der Waals surface area contributed by atoms with Crippen molar-refractivity contribution in [2.75, 3.05) is 73.7 Å². The van der Waals surface area contributed by atoms with Crippen LogP contribution in [0.1, 0.15) is 98.2 Å². The molecule has 8 atom stereocenters. The maximum atomic E-state index is 12.3. The van der Waals surface area contributed by atoms with E-state index in [0.717, 1.165) is 86.1 Å². The monoisotopic (exact) mass is 1640 g/mol. The first-order chi connectivity index (χ1) is 51.6. The van der Waals surface area contributed by atoms with Gasteiger partial charge in [0.25, 0.3) is 6.47 Å². The van der Waals surface area contributed by atoms with Gasteiger partial charge in [-0.3, -0.25) is 48.5 Å². The Morgan fingerprint density at radius 2 is 0.776 bits per heavy atom. The van der Waals surface area contributed by atoms with Crippen LogP contribution in [0, 0.1) is 0 Å². The van der Waals surface area contributed by atoms with Crippen LogP contribution in [0.5, 0.6) is 0 Å². The van der Waals surface area contributed by atoms with Gasteiger partial charge in [-0.25, -0.2) is 14.4 Å². The molecule has 107 heavy (non-hydrogen) atoms. The molecule has 9 heterocycles. The summed E-state index contributed by atoms with van der Waals surface area (Å²) in [6.45, 7) is 6.92. The molecule has 564 valence electrons. The molecule has 2 aromatic heterocycles. The number of carboxylic acids is 2. The van der Waals surface area contributed by atoms with Gasteiger partial charge < -0.3 is 29.2 Å². The zero-order valence-corrected chi connectivity index (χ0v) is 66.3. The Balaban J connectivity index is 0.000000143. The van der Waals surface area contributed by atoms with Gasteiger partial charge in [0.2, 0.25) is 10.2 Å². The highest BCUT2D eigenvalue weighted by atomic mass is 35.5. The number of ether oxygens (including phenoxy) is 4. The highest BCUT2D eigenvalue weighted by Crippen LogP contribution is 2.42. The van der Waals surface area contributed by atoms with Crippen LogP contribution in [0.25, 0.3) is 0 Å². The average molecular weight is 1650 g/mol. The van der Waals surface area contributed by atoms with Crippen LogP contribution in [0.15, 0.2) is 179 Å². The van der Waals surface area contributed by atoms with Crippen molar-refractivity contribution in [3.05, 3.63) is 253 Å². The Hall–Kier alpha value is -6.82. The van der Waals surface area contributed by atoms with Crippen molar-refractivity contribution in [2.24, 2.45) is 0 Å². The number of carbonyl (C=O) groups excluding carboxylic acids is 6. The van der Waals surface area contributed by atoms with E-state index in [0.29, 0.717) is 87.5 Å². The number of thioether (sulfide) groups is 2. The number of carbonyl (C=O) groups is 8. The number of halogens is 5. The molecule has 0 bridgehead atoms. The number of nitrogens with zero attached hydrogens (tertiary/aromatic N) is 5. The molecule has 5 aromatic carbocycles. The lowest BCUT2D eigenvalue weighted by molar-refractivity contribution is -0.148. The van der Waals surface area contributed by atoms with Gasteiger partial charge in [-0.2, -0.15) is 12.6 Å². The Labute approximate surface area is 668 Å². The van der Waals surface area contributed by atoms with Gasteiger partial charge in [0.15, 0.2) is 0 Å². The van der Waals surface area contributed by atoms with E-state index in [-0.39, 0.29) is 43.9 Å². The summed E-state index contributed by atoms with van der Waals surface area (Å²) >= 11 is 41.9. The number of carboxylic acid groups (broad SMARTS) is 2. The fraction of sp³-hybridized carbons (Fsp3) is 0.333. The molecule has 0 spiro atoms. The van der Waals surface area contributed by atoms with Gasteiger partial charge in [-0.15, -0.1) is 22.7 Å². The predicted molar refractivity (Wildman–Crippen MR) is 425 cm³/mol. The number of rotatable bonds is 17. The minimum Gasteiger partial charge on any atom is -0.480 e. The number of fused-ring (bicyclic) bond motifs is 4. The number of piperidine rings is 3. The summed E-state index contributed by atoms with van der Waals surface area (Å²) in [5.41, 5.74) is 8.98. The SMILES string of the molecule is COC(=O)[C@H](c1ccccc1Cl)N1CCC(S)/C(=C\OC=O)C1.COC(=O)[C@H](c1ccccc1Cl)N1CCC2SC(=O)C=C2C1.COC(=O)[C@H](c1ccccc1Cl)N1CCc2sccc2C1.O=C(O)[C@H](c1ccccc1Cl)N1CCc2sccc2C1.O=C1C=C2CN([C@H](C(=O)O)c3ccccc3Cl)CCC2S1. The number of methoxy groups -OCH3 is 3. The summed E-state index contributed by atoms with van der Waals surface area (Å²) in [6, 6.07) is 37.3. The first-order valence-electron chi connectivity index (χ1n) is 34.1. The van der Waals surface area contributed by atoms with Crippen LogP contribution in [0.4, 0.5) is 0 Å². The lowest BCUT2D eigenvalue weighted by Crippen LogP contribution is -2.42. The molecule has 3 fully saturated rings. The standard InChI is InChI=1S/C16H18ClNO4S.C16H16ClNO3S.C16H16ClNO2S.C15H14ClNO3S.C15H14ClNO2S/c1-21-16(20)15(12-4-2-3-5-13(12)17)18-7-6-14(23)11(8-18)9-22-10-19;1-21-16(20)15(11-4-2-3-5-12(11)17)18-7-6-13-10(9-18)8-14(19)22-13;1-20-16(19)15(12-4-2-3-5-13(12)17)18-8-6-14-11(10-18)7-9-21-14;16-11-4-2-1-3-10(11)14(15(19)20)17-6-5-12-9(8-17)7-13(18)21-12;16-12-4-2-1-3-11(12)14(15(18)19)17-7-5-13-10(9-17)6-8-20-13/h2-5,9-10,14-15,23H,6-8H2,1H3;2-5,8,13,15H,6-7,9H2,1H3;2-5,7,9,15H,6,8,10H2,1H3;1-4,7,12,14H,5-6,8H2,(H,19,20);1-4,6,8,14H,5,7,9H2,(H,18,19)/b11-9-;;;;/t14?,15-;13?,15-;15-;12?,14-;14-/m00000/s1. The average Bonchev–Trinajstić information content (AvgIpc) is 1.71. The van der Waals surface area contributed by atoms with E-state index in [9.17, 15) is 48.6 Å². The van der Waals surface area contributed by atoms with Gasteiger partial charge in [0.05, 0.1) is 27.6 Å². The molecule has 2 N–H and O–H groups in total. The second-order valence-electron chi connectivity index (χ2n) is 25.6. The van der Waals surface area contributed by atoms with E-state index in [1.54, 1.807) is 83.4 Å². The van der Waals surface area contributed by atoms with Crippen LogP contribution < -0.4 is 0 Å². The van der Waals surface area contributed by atoms with Crippen molar-refractivity contribution in [1.82, 2.24) is 24.5 Å². The van der Waals surface area contributed by atoms with E-state index in [4.69, 9.17) is 77.0 Å². The van der Waals surface area contributed by atoms with E-state index < -0.39 is 42.1 Å². The van der Waals surface area contributed by atoms with Crippen molar-refractivity contribution in [2.45, 2.75) is 91.2 Å². The number of aliphatic carboxylic acids is 2. The molecule has 7 aliphatic rings. The zero-order chi connectivity index (χ0) is 76.4. The van der Waals surface area contributed by atoms with Crippen LogP contribution in [0.2, 0.25) is 25.1 Å². The van der Waals surface area contributed by atoms with Gasteiger partial charge >= 0.3 is 29.8 Å². The molecule has 0 radical (unpaired) electrons. The highest BCUT2D eigenvalue weighted by molar-refractivity contribution is 8.15. The summed E-state index contributed by atoms with van der Waals surface area (Å²) < 4.78 is 19.7. The number of thiophene rings is 2. The fourth-order valence-electron chi connectivity index (χ4n) is 13.9. The van der Waals surface area contributed by atoms with Crippen molar-refractivity contribution in [3.63, 3.8) is 0 Å². The largest absolute Gasteiger partial charge is 0.480 e. The molecule has 19 nitrogen and oxygen atoms in total. The predicted octanol–water partition coefficient (Wildman–Crippen LogP) is 15.4. The summed E-state index contributed by atoms with van der Waals surface area (Å²) in [7, 11) is 4.16. The Bertz CT molecular complexity index is 4460. The smallest absolute Gasteiger partial charge is 0.327 e. The van der Waals surface area contributed by atoms with Crippen LogP contribution >= 0.6 is 117 Å². The Kier molecular flexibility index (Phi) is 30.7. The van der Waals surface area contributed by atoms with Gasteiger partial charge in [0.1, 0.15) is 30.2 Å². The highest BCUT2D eigenvalue weighted by Gasteiger charge is 2.41. The lowest BCUT2D eigenvalue weighted by Gasteiger charge is -2.36. The number of benzene rings is 5. The Morgan fingerprint density at radius 1 is 0.458 bits per heavy atom. The Morgan fingerprint density at radius 3 is 1.12 bits per heavy atom. The number of thiol groups is 1. The first-order valence-corrected chi connectivity index (χ1v) is 40.0. The van der Waals surface area contributed by atoms with Crippen molar-refractivity contribution in [3.8, 4) is 0 Å². The zero-order valence-electron chi connectivity index (χ0n) is 58.4. The number of likely N-dealkylation sites (tertiary alicyclic amines) is 3. The van der Waals surface area contributed by atoms with Crippen LogP contribution in [0.3, 0.4) is 0 Å². The van der Waals surface area contributed by atoms with Crippen LogP contribution in [-0.2, 0) is 83.2 Å². The molecule has 0 aliphatic carbocycles. The number of hydrogen-bond donors (Lipinski definition) is 3. The fourth-order valence-corrected chi connectivity index (χ4v) is 19.2. The quantitative estimate of drug-likeness (QED) is 0.0253. The molecule has 14 rings (SSSR count). The number of hydrogen-bond acceptors (Lipinski definition) is 22.